The number of hydrogen-bond acceptors (Lipinski definition) is 3. The van der Waals surface area contributed by atoms with Gasteiger partial charge in [-0.3, -0.25) is 0 Å². The Kier molecular flexibility index (Phi) is 5.22. The van der Waals surface area contributed by atoms with Gasteiger partial charge >= 0.3 is 0 Å². The molecular weight excluding hydrogens is 204 g/mol. The van der Waals surface area contributed by atoms with E-state index in [1.54, 1.807) is 7.11 Å². The second kappa shape index (κ2) is 5.99. The van der Waals surface area contributed by atoms with Crippen LogP contribution in [0.2, 0.25) is 0 Å². The minimum atomic E-state index is -0.815. The number of hydrogen-bond donors (Lipinski definition) is 0. The van der Waals surface area contributed by atoms with Crippen LogP contribution in [0, 0.1) is 5.41 Å². The molecule has 0 aromatic heterocycles. The Labute approximate surface area is 99.5 Å². The highest BCUT2D eigenvalue weighted by atomic mass is 16.9. The Morgan fingerprint density at radius 2 is 1.88 bits per heavy atom. The van der Waals surface area contributed by atoms with Crippen molar-refractivity contribution in [2.45, 2.75) is 58.8 Å². The van der Waals surface area contributed by atoms with Crippen LogP contribution in [0.15, 0.2) is 0 Å². The van der Waals surface area contributed by atoms with Crippen LogP contribution in [-0.2, 0) is 14.2 Å². The van der Waals surface area contributed by atoms with Gasteiger partial charge in [-0.15, -0.1) is 0 Å². The lowest BCUT2D eigenvalue weighted by atomic mass is 9.74. The zero-order chi connectivity index (χ0) is 12.1. The lowest BCUT2D eigenvalue weighted by Gasteiger charge is -2.50. The second-order valence-corrected chi connectivity index (χ2v) is 4.55. The Hall–Kier alpha value is -0.120. The van der Waals surface area contributed by atoms with E-state index in [4.69, 9.17) is 14.2 Å². The molecule has 0 N–H and O–H groups in total. The van der Waals surface area contributed by atoms with E-state index in [0.29, 0.717) is 6.61 Å². The van der Waals surface area contributed by atoms with Crippen molar-refractivity contribution < 1.29 is 14.2 Å². The fourth-order valence-corrected chi connectivity index (χ4v) is 2.73. The summed E-state index contributed by atoms with van der Waals surface area (Å²) in [4.78, 5) is 0. The van der Waals surface area contributed by atoms with Crippen molar-refractivity contribution in [1.29, 1.82) is 0 Å². The van der Waals surface area contributed by atoms with Crippen LogP contribution >= 0.6 is 0 Å². The summed E-state index contributed by atoms with van der Waals surface area (Å²) >= 11 is 0. The second-order valence-electron chi connectivity index (χ2n) is 4.55. The van der Waals surface area contributed by atoms with Crippen molar-refractivity contribution in [2.24, 2.45) is 5.41 Å². The largest absolute Gasteiger partial charge is 0.330 e. The van der Waals surface area contributed by atoms with Crippen LogP contribution in [0.25, 0.3) is 0 Å². The minimum absolute atomic E-state index is 0.00910. The molecule has 1 atom stereocenters. The number of rotatable bonds is 6. The summed E-state index contributed by atoms with van der Waals surface area (Å²) in [6.45, 7) is 7.92. The van der Waals surface area contributed by atoms with Gasteiger partial charge in [0.05, 0.1) is 18.6 Å². The monoisotopic (exact) mass is 230 g/mol. The van der Waals surface area contributed by atoms with Crippen LogP contribution in [0.4, 0.5) is 0 Å². The predicted octanol–water partition coefficient (Wildman–Crippen LogP) is 3.33. The maximum absolute atomic E-state index is 5.92. The number of ether oxygens (including phenoxy) is 3. The topological polar surface area (TPSA) is 27.7 Å². The Morgan fingerprint density at radius 3 is 2.38 bits per heavy atom. The molecule has 1 saturated heterocycles. The van der Waals surface area contributed by atoms with Crippen LogP contribution in [0.1, 0.15) is 52.9 Å². The van der Waals surface area contributed by atoms with Gasteiger partial charge in [0, 0.05) is 7.11 Å². The fourth-order valence-electron chi connectivity index (χ4n) is 2.73. The van der Waals surface area contributed by atoms with E-state index >= 15 is 0 Å². The van der Waals surface area contributed by atoms with E-state index in [9.17, 15) is 0 Å². The standard InChI is InChI=1S/C13H26O3/c1-5-10-15-13(14-4)12(6-2,7-3)9-8-11-16-13/h5-11H2,1-4H3. The summed E-state index contributed by atoms with van der Waals surface area (Å²) in [5.41, 5.74) is 0.00910. The molecular formula is C13H26O3. The third-order valence-corrected chi connectivity index (χ3v) is 3.86. The molecule has 96 valence electrons. The first-order valence-electron chi connectivity index (χ1n) is 6.53. The van der Waals surface area contributed by atoms with Gasteiger partial charge in [-0.25, -0.2) is 0 Å². The molecule has 3 heteroatoms. The van der Waals surface area contributed by atoms with Gasteiger partial charge in [0.15, 0.2) is 0 Å². The quantitative estimate of drug-likeness (QED) is 0.655. The van der Waals surface area contributed by atoms with Gasteiger partial charge in [-0.05, 0) is 32.1 Å². The normalized spacial score (nSPS) is 29.2. The summed E-state index contributed by atoms with van der Waals surface area (Å²) < 4.78 is 17.4. The molecule has 1 fully saturated rings. The van der Waals surface area contributed by atoms with Crippen molar-refractivity contribution in [1.82, 2.24) is 0 Å². The highest BCUT2D eigenvalue weighted by molar-refractivity contribution is 4.89. The molecule has 3 nitrogen and oxygen atoms in total. The van der Waals surface area contributed by atoms with Crippen LogP contribution < -0.4 is 0 Å². The molecule has 0 saturated carbocycles. The van der Waals surface area contributed by atoms with Gasteiger partial charge in [-0.2, -0.15) is 0 Å². The zero-order valence-electron chi connectivity index (χ0n) is 11.2. The SMILES string of the molecule is CCCOC1(OC)OCCCC1(CC)CC. The zero-order valence-corrected chi connectivity index (χ0v) is 11.2. The van der Waals surface area contributed by atoms with E-state index in [0.717, 1.165) is 38.7 Å². The summed E-state index contributed by atoms with van der Waals surface area (Å²) in [5, 5.41) is 0. The molecule has 1 rings (SSSR count). The lowest BCUT2D eigenvalue weighted by Crippen LogP contribution is -2.56. The van der Waals surface area contributed by atoms with Gasteiger partial charge in [-0.1, -0.05) is 20.8 Å². The van der Waals surface area contributed by atoms with Gasteiger partial charge in [0.2, 0.25) is 0 Å². The lowest BCUT2D eigenvalue weighted by molar-refractivity contribution is -0.438. The molecule has 0 aromatic rings. The molecule has 1 aliphatic rings. The van der Waals surface area contributed by atoms with Crippen molar-refractivity contribution in [3.63, 3.8) is 0 Å². The molecule has 0 spiro atoms. The molecule has 0 radical (unpaired) electrons. The van der Waals surface area contributed by atoms with E-state index in [-0.39, 0.29) is 5.41 Å². The maximum Gasteiger partial charge on any atom is 0.288 e. The molecule has 1 heterocycles. The highest BCUT2D eigenvalue weighted by Gasteiger charge is 2.54. The van der Waals surface area contributed by atoms with Gasteiger partial charge < -0.3 is 14.2 Å². The molecule has 0 amide bonds. The summed E-state index contributed by atoms with van der Waals surface area (Å²) in [7, 11) is 1.70. The van der Waals surface area contributed by atoms with E-state index in [1.807, 2.05) is 0 Å². The Morgan fingerprint density at radius 1 is 1.19 bits per heavy atom. The molecule has 0 bridgehead atoms. The Bertz CT molecular complexity index is 201. The third-order valence-electron chi connectivity index (χ3n) is 3.86. The van der Waals surface area contributed by atoms with Crippen LogP contribution in [0.3, 0.4) is 0 Å². The van der Waals surface area contributed by atoms with Crippen molar-refractivity contribution in [3.05, 3.63) is 0 Å². The van der Waals surface area contributed by atoms with Gasteiger partial charge in [0.1, 0.15) is 0 Å². The number of methoxy groups -OCH3 is 1. The molecule has 1 aliphatic heterocycles. The average Bonchev–Trinajstić information content (AvgIpc) is 2.36. The average molecular weight is 230 g/mol. The smallest absolute Gasteiger partial charge is 0.288 e. The maximum atomic E-state index is 5.92. The fraction of sp³-hybridized carbons (Fsp3) is 1.00. The molecule has 1 unspecified atom stereocenters. The summed E-state index contributed by atoms with van der Waals surface area (Å²) in [6, 6.07) is 0. The minimum Gasteiger partial charge on any atom is -0.330 e. The van der Waals surface area contributed by atoms with E-state index < -0.39 is 5.97 Å². The Balaban J connectivity index is 2.90. The molecule has 16 heavy (non-hydrogen) atoms. The van der Waals surface area contributed by atoms with Gasteiger partial charge in [0.25, 0.3) is 5.97 Å². The highest BCUT2D eigenvalue weighted by Crippen LogP contribution is 2.49. The van der Waals surface area contributed by atoms with E-state index in [2.05, 4.69) is 20.8 Å². The first-order chi connectivity index (χ1) is 7.70. The first-order valence-corrected chi connectivity index (χ1v) is 6.53. The van der Waals surface area contributed by atoms with Crippen molar-refractivity contribution in [3.8, 4) is 0 Å². The molecule has 0 aliphatic carbocycles. The summed E-state index contributed by atoms with van der Waals surface area (Å²) in [5.74, 6) is -0.815. The van der Waals surface area contributed by atoms with Crippen molar-refractivity contribution >= 4 is 0 Å². The first kappa shape index (κ1) is 13.9. The predicted molar refractivity (Wildman–Crippen MR) is 64.2 cm³/mol. The van der Waals surface area contributed by atoms with Crippen molar-refractivity contribution in [2.75, 3.05) is 20.3 Å². The molecule has 0 aromatic carbocycles. The van der Waals surface area contributed by atoms with E-state index in [1.165, 1.54) is 0 Å². The summed E-state index contributed by atoms with van der Waals surface area (Å²) in [6.07, 6.45) is 5.26. The third kappa shape index (κ3) is 2.27. The van der Waals surface area contributed by atoms with Crippen LogP contribution in [-0.4, -0.2) is 26.3 Å². The van der Waals surface area contributed by atoms with Crippen LogP contribution in [0.5, 0.6) is 0 Å².